The molecule has 5 heteroatoms. The third-order valence-electron chi connectivity index (χ3n) is 2.80. The fourth-order valence-corrected chi connectivity index (χ4v) is 3.48. The molecule has 1 N–H and O–H groups in total. The highest BCUT2D eigenvalue weighted by Gasteiger charge is 2.17. The summed E-state index contributed by atoms with van der Waals surface area (Å²) in [6.07, 6.45) is 0. The van der Waals surface area contributed by atoms with Gasteiger partial charge in [-0.15, -0.1) is 11.3 Å². The second kappa shape index (κ2) is 5.82. The van der Waals surface area contributed by atoms with E-state index in [1.807, 2.05) is 6.92 Å². The minimum atomic E-state index is 0.0778. The van der Waals surface area contributed by atoms with Crippen LogP contribution >= 0.6 is 22.7 Å². The molecule has 2 aromatic heterocycles. The van der Waals surface area contributed by atoms with Crippen molar-refractivity contribution in [3.05, 3.63) is 33.0 Å². The zero-order chi connectivity index (χ0) is 13.1. The van der Waals surface area contributed by atoms with Crippen LogP contribution in [0, 0.1) is 6.92 Å². The summed E-state index contributed by atoms with van der Waals surface area (Å²) in [5.74, 6) is 0. The Morgan fingerprint density at radius 1 is 1.44 bits per heavy atom. The highest BCUT2D eigenvalue weighted by Crippen LogP contribution is 2.29. The minimum Gasteiger partial charge on any atom is -0.391 e. The van der Waals surface area contributed by atoms with Crippen molar-refractivity contribution in [3.63, 3.8) is 0 Å². The topological polar surface area (TPSA) is 36.4 Å². The van der Waals surface area contributed by atoms with E-state index in [0.29, 0.717) is 6.04 Å². The van der Waals surface area contributed by atoms with Crippen molar-refractivity contribution >= 4 is 27.8 Å². The lowest BCUT2D eigenvalue weighted by atomic mass is 10.3. The van der Waals surface area contributed by atoms with Crippen molar-refractivity contribution in [2.75, 3.05) is 4.90 Å². The fourth-order valence-electron chi connectivity index (χ4n) is 1.72. The molecule has 18 heavy (non-hydrogen) atoms. The van der Waals surface area contributed by atoms with Crippen LogP contribution in [0.4, 0.5) is 5.13 Å². The first-order valence-corrected chi connectivity index (χ1v) is 7.67. The summed E-state index contributed by atoms with van der Waals surface area (Å²) >= 11 is 3.35. The van der Waals surface area contributed by atoms with E-state index in [1.54, 1.807) is 22.7 Å². The van der Waals surface area contributed by atoms with Crippen LogP contribution in [0.25, 0.3) is 0 Å². The number of aryl methyl sites for hydroxylation is 1. The number of nitrogens with zero attached hydrogens (tertiary/aromatic N) is 2. The Kier molecular flexibility index (Phi) is 4.37. The largest absolute Gasteiger partial charge is 0.391 e. The molecule has 0 bridgehead atoms. The molecule has 0 aliphatic carbocycles. The number of thiophene rings is 1. The summed E-state index contributed by atoms with van der Waals surface area (Å²) in [6, 6.07) is 4.61. The molecule has 0 aromatic carbocycles. The smallest absolute Gasteiger partial charge is 0.186 e. The predicted octanol–water partition coefficient (Wildman–Crippen LogP) is 3.42. The molecular weight excluding hydrogens is 264 g/mol. The van der Waals surface area contributed by atoms with Gasteiger partial charge in [-0.25, -0.2) is 4.98 Å². The molecular formula is C13H18N2OS2. The Labute approximate surface area is 116 Å². The molecule has 0 spiro atoms. The Morgan fingerprint density at radius 3 is 2.72 bits per heavy atom. The molecule has 0 unspecified atom stereocenters. The predicted molar refractivity (Wildman–Crippen MR) is 78.4 cm³/mol. The summed E-state index contributed by atoms with van der Waals surface area (Å²) in [7, 11) is 0. The second-order valence-corrected chi connectivity index (χ2v) is 6.56. The summed E-state index contributed by atoms with van der Waals surface area (Å²) < 4.78 is 0. The second-order valence-electron chi connectivity index (χ2n) is 4.46. The third-order valence-corrected chi connectivity index (χ3v) is 4.84. The average molecular weight is 282 g/mol. The number of rotatable bonds is 5. The molecule has 0 aliphatic heterocycles. The van der Waals surface area contributed by atoms with E-state index in [-0.39, 0.29) is 6.61 Å². The van der Waals surface area contributed by atoms with Gasteiger partial charge in [-0.2, -0.15) is 0 Å². The molecule has 3 nitrogen and oxygen atoms in total. The Balaban J connectivity index is 2.23. The van der Waals surface area contributed by atoms with Crippen LogP contribution in [0.1, 0.15) is 29.3 Å². The van der Waals surface area contributed by atoms with Crippen molar-refractivity contribution in [1.82, 2.24) is 4.98 Å². The molecule has 0 fully saturated rings. The Morgan fingerprint density at radius 2 is 2.22 bits per heavy atom. The first kappa shape index (κ1) is 13.5. The molecule has 2 aromatic rings. The number of aliphatic hydroxyl groups is 1. The maximum atomic E-state index is 9.26. The van der Waals surface area contributed by atoms with Crippen LogP contribution in [-0.4, -0.2) is 16.1 Å². The number of thiazole rings is 1. The zero-order valence-electron chi connectivity index (χ0n) is 10.9. The van der Waals surface area contributed by atoms with E-state index in [4.69, 9.17) is 0 Å². The van der Waals surface area contributed by atoms with Gasteiger partial charge in [0.15, 0.2) is 5.13 Å². The van der Waals surface area contributed by atoms with Crippen LogP contribution in [0.3, 0.4) is 0 Å². The fraction of sp³-hybridized carbons (Fsp3) is 0.462. The Hall–Kier alpha value is -0.910. The third kappa shape index (κ3) is 2.91. The van der Waals surface area contributed by atoms with Gasteiger partial charge in [0.25, 0.3) is 0 Å². The maximum absolute atomic E-state index is 9.26. The summed E-state index contributed by atoms with van der Waals surface area (Å²) in [5.41, 5.74) is 0.939. The van der Waals surface area contributed by atoms with Gasteiger partial charge >= 0.3 is 0 Å². The molecule has 0 aliphatic rings. The van der Waals surface area contributed by atoms with E-state index in [2.05, 4.69) is 41.2 Å². The molecule has 0 saturated carbocycles. The van der Waals surface area contributed by atoms with Gasteiger partial charge in [0.05, 0.1) is 23.7 Å². The van der Waals surface area contributed by atoms with Crippen molar-refractivity contribution < 1.29 is 5.11 Å². The molecule has 0 radical (unpaired) electrons. The number of aromatic nitrogens is 1. The lowest BCUT2D eigenvalue weighted by Gasteiger charge is -2.25. The van der Waals surface area contributed by atoms with Crippen LogP contribution in [0.15, 0.2) is 17.5 Å². The van der Waals surface area contributed by atoms with Crippen LogP contribution in [0.2, 0.25) is 0 Å². The van der Waals surface area contributed by atoms with E-state index < -0.39 is 0 Å². The van der Waals surface area contributed by atoms with Gasteiger partial charge in [-0.05, 0) is 32.2 Å². The van der Waals surface area contributed by atoms with Gasteiger partial charge in [0.1, 0.15) is 0 Å². The lowest BCUT2D eigenvalue weighted by molar-refractivity contribution is 0.284. The molecule has 0 atom stereocenters. The molecule has 0 saturated heterocycles. The van der Waals surface area contributed by atoms with Gasteiger partial charge in [-0.3, -0.25) is 0 Å². The minimum absolute atomic E-state index is 0.0778. The molecule has 2 heterocycles. The first-order chi connectivity index (χ1) is 8.61. The molecule has 0 amide bonds. The summed E-state index contributed by atoms with van der Waals surface area (Å²) in [6.45, 7) is 7.25. The van der Waals surface area contributed by atoms with Crippen LogP contribution < -0.4 is 4.90 Å². The molecule has 98 valence electrons. The highest BCUT2D eigenvalue weighted by molar-refractivity contribution is 7.15. The van der Waals surface area contributed by atoms with E-state index in [9.17, 15) is 5.11 Å². The van der Waals surface area contributed by atoms with Crippen LogP contribution in [0.5, 0.6) is 0 Å². The normalized spacial score (nSPS) is 11.2. The van der Waals surface area contributed by atoms with Gasteiger partial charge < -0.3 is 10.0 Å². The number of hydrogen-bond donors (Lipinski definition) is 1. The highest BCUT2D eigenvalue weighted by atomic mass is 32.1. The number of anilines is 1. The first-order valence-electron chi connectivity index (χ1n) is 5.98. The number of hydrogen-bond acceptors (Lipinski definition) is 5. The SMILES string of the molecule is Cc1nc(N(Cc2cccs2)C(C)C)sc1CO. The van der Waals surface area contributed by atoms with E-state index >= 15 is 0 Å². The van der Waals surface area contributed by atoms with Crippen molar-refractivity contribution in [1.29, 1.82) is 0 Å². The monoisotopic (exact) mass is 282 g/mol. The zero-order valence-corrected chi connectivity index (χ0v) is 12.5. The Bertz CT molecular complexity index is 491. The lowest BCUT2D eigenvalue weighted by Crippen LogP contribution is -2.29. The van der Waals surface area contributed by atoms with E-state index in [1.165, 1.54) is 4.88 Å². The molecule has 2 rings (SSSR count). The standard InChI is InChI=1S/C13H18N2OS2/c1-9(2)15(7-11-5-4-6-17-11)13-14-10(3)12(8-16)18-13/h4-6,9,16H,7-8H2,1-3H3. The van der Waals surface area contributed by atoms with Gasteiger partial charge in [0.2, 0.25) is 0 Å². The van der Waals surface area contributed by atoms with Crippen molar-refractivity contribution in [3.8, 4) is 0 Å². The van der Waals surface area contributed by atoms with Crippen molar-refractivity contribution in [2.45, 2.75) is 40.0 Å². The van der Waals surface area contributed by atoms with Gasteiger partial charge in [-0.1, -0.05) is 17.4 Å². The van der Waals surface area contributed by atoms with E-state index in [0.717, 1.165) is 22.2 Å². The number of aliphatic hydroxyl groups excluding tert-OH is 1. The van der Waals surface area contributed by atoms with Crippen LogP contribution in [-0.2, 0) is 13.2 Å². The average Bonchev–Trinajstić information content (AvgIpc) is 2.94. The maximum Gasteiger partial charge on any atom is 0.186 e. The van der Waals surface area contributed by atoms with Gasteiger partial charge in [0, 0.05) is 10.9 Å². The summed E-state index contributed by atoms with van der Waals surface area (Å²) in [4.78, 5) is 9.15. The summed E-state index contributed by atoms with van der Waals surface area (Å²) in [5, 5.41) is 12.4. The van der Waals surface area contributed by atoms with Crippen molar-refractivity contribution in [2.24, 2.45) is 0 Å². The quantitative estimate of drug-likeness (QED) is 0.913.